The summed E-state index contributed by atoms with van der Waals surface area (Å²) in [6.07, 6.45) is 1.19. The molecule has 1 atom stereocenters. The predicted molar refractivity (Wildman–Crippen MR) is 108 cm³/mol. The average Bonchev–Trinajstić information content (AvgIpc) is 3.07. The Morgan fingerprint density at radius 2 is 1.86 bits per heavy atom. The number of carboxylic acid groups (broad SMARTS) is 1. The third-order valence-electron chi connectivity index (χ3n) is 5.02. The minimum absolute atomic E-state index is 0.147. The number of carboxylic acids is 1. The molecule has 2 N–H and O–H groups in total. The number of rotatable bonds is 4. The molecule has 0 aliphatic carbocycles. The summed E-state index contributed by atoms with van der Waals surface area (Å²) in [7, 11) is 0. The monoisotopic (exact) mass is 395 g/mol. The van der Waals surface area contributed by atoms with E-state index in [0.29, 0.717) is 16.8 Å². The molecular weight excluding hydrogens is 377 g/mol. The summed E-state index contributed by atoms with van der Waals surface area (Å²) in [6, 6.07) is 13.7. The van der Waals surface area contributed by atoms with Crippen LogP contribution in [0.5, 0.6) is 0 Å². The Morgan fingerprint density at radius 1 is 1.18 bits per heavy atom. The summed E-state index contributed by atoms with van der Waals surface area (Å²) in [6.45, 7) is 2.08. The van der Waals surface area contributed by atoms with Gasteiger partial charge in [0.05, 0.1) is 5.69 Å². The Hall–Kier alpha value is -2.99. The zero-order chi connectivity index (χ0) is 19.8. The van der Waals surface area contributed by atoms with Gasteiger partial charge in [-0.15, -0.1) is 11.3 Å². The summed E-state index contributed by atoms with van der Waals surface area (Å²) in [4.78, 5) is 25.3. The number of aryl methyl sites for hydroxylation is 1. The van der Waals surface area contributed by atoms with E-state index in [-0.39, 0.29) is 23.1 Å². The van der Waals surface area contributed by atoms with E-state index in [0.717, 1.165) is 16.9 Å². The lowest BCUT2D eigenvalue weighted by Gasteiger charge is -2.24. The number of carbonyl (C=O) groups is 2. The number of aromatic carboxylic acids is 1. The molecule has 0 saturated heterocycles. The molecule has 0 spiro atoms. The molecule has 4 nitrogen and oxygen atoms in total. The van der Waals surface area contributed by atoms with E-state index < -0.39 is 11.8 Å². The molecule has 1 aromatic heterocycles. The van der Waals surface area contributed by atoms with Crippen molar-refractivity contribution in [1.29, 1.82) is 0 Å². The first-order valence-electron chi connectivity index (χ1n) is 9.02. The molecule has 1 aliphatic rings. The molecule has 1 aliphatic heterocycles. The highest BCUT2D eigenvalue weighted by molar-refractivity contribution is 7.15. The fourth-order valence-electron chi connectivity index (χ4n) is 3.58. The van der Waals surface area contributed by atoms with E-state index in [9.17, 15) is 19.1 Å². The minimum atomic E-state index is -1.06. The van der Waals surface area contributed by atoms with E-state index in [1.54, 1.807) is 0 Å². The summed E-state index contributed by atoms with van der Waals surface area (Å²) in [5.41, 5.74) is 3.72. The van der Waals surface area contributed by atoms with Crippen LogP contribution in [0.1, 0.15) is 44.9 Å². The molecule has 142 valence electrons. The van der Waals surface area contributed by atoms with Crippen molar-refractivity contribution < 1.29 is 19.1 Å². The molecule has 0 unspecified atom stereocenters. The number of nitrogens with one attached hydrogen (secondary N) is 1. The smallest absolute Gasteiger partial charge is 0.346 e. The van der Waals surface area contributed by atoms with Crippen molar-refractivity contribution in [2.75, 3.05) is 5.32 Å². The first-order valence-corrected chi connectivity index (χ1v) is 9.84. The van der Waals surface area contributed by atoms with Crippen molar-refractivity contribution in [2.45, 2.75) is 25.7 Å². The standard InChI is InChI=1S/C22H18FNO3S/c1-2-12-3-5-13(6-4-12)16-11-17(25)24-19-18(14-7-9-15(23)10-8-14)21(22(26)27)28-20(16)19/h3-10,16H,2,11H2,1H3,(H,24,25)(H,26,27)/t16-/m0/s1. The molecule has 0 bridgehead atoms. The molecule has 0 radical (unpaired) electrons. The van der Waals surface area contributed by atoms with Crippen LogP contribution in [-0.4, -0.2) is 17.0 Å². The van der Waals surface area contributed by atoms with Crippen LogP contribution in [0.2, 0.25) is 0 Å². The fraction of sp³-hybridized carbons (Fsp3) is 0.182. The summed E-state index contributed by atoms with van der Waals surface area (Å²) >= 11 is 1.18. The average molecular weight is 395 g/mol. The second-order valence-corrected chi connectivity index (χ2v) is 7.81. The molecule has 2 heterocycles. The zero-order valence-electron chi connectivity index (χ0n) is 15.2. The SMILES string of the molecule is CCc1ccc([C@@H]2CC(=O)Nc3c2sc(C(=O)O)c3-c2ccc(F)cc2)cc1. The number of benzene rings is 2. The Morgan fingerprint density at radius 3 is 2.46 bits per heavy atom. The fourth-order valence-corrected chi connectivity index (χ4v) is 4.83. The number of fused-ring (bicyclic) bond motifs is 1. The molecule has 6 heteroatoms. The molecule has 0 saturated carbocycles. The second-order valence-electron chi connectivity index (χ2n) is 6.76. The summed E-state index contributed by atoms with van der Waals surface area (Å²) in [5.74, 6) is -1.82. The van der Waals surface area contributed by atoms with Crippen LogP contribution >= 0.6 is 11.3 Å². The van der Waals surface area contributed by atoms with Gasteiger partial charge in [-0.2, -0.15) is 0 Å². The van der Waals surface area contributed by atoms with E-state index in [4.69, 9.17) is 0 Å². The van der Waals surface area contributed by atoms with Gasteiger partial charge in [0, 0.05) is 22.8 Å². The molecule has 4 rings (SSSR count). The van der Waals surface area contributed by atoms with Crippen molar-refractivity contribution in [2.24, 2.45) is 0 Å². The van der Waals surface area contributed by atoms with Crippen molar-refractivity contribution in [1.82, 2.24) is 0 Å². The number of halogens is 1. The van der Waals surface area contributed by atoms with Gasteiger partial charge in [-0.25, -0.2) is 9.18 Å². The molecule has 3 aromatic rings. The molecule has 1 amide bonds. The topological polar surface area (TPSA) is 66.4 Å². The highest BCUT2D eigenvalue weighted by atomic mass is 32.1. The highest BCUT2D eigenvalue weighted by Crippen LogP contribution is 2.49. The van der Waals surface area contributed by atoms with Crippen LogP contribution in [0, 0.1) is 5.82 Å². The van der Waals surface area contributed by atoms with E-state index >= 15 is 0 Å². The Balaban J connectivity index is 1.89. The number of thiophene rings is 1. The van der Waals surface area contributed by atoms with Gasteiger partial charge in [0.25, 0.3) is 0 Å². The second kappa shape index (κ2) is 7.20. The third kappa shape index (κ3) is 3.20. The van der Waals surface area contributed by atoms with Gasteiger partial charge in [0.15, 0.2) is 0 Å². The van der Waals surface area contributed by atoms with Crippen molar-refractivity contribution >= 4 is 28.9 Å². The number of anilines is 1. The Bertz CT molecular complexity index is 1050. The van der Waals surface area contributed by atoms with Gasteiger partial charge in [-0.1, -0.05) is 43.3 Å². The zero-order valence-corrected chi connectivity index (χ0v) is 16.0. The lowest BCUT2D eigenvalue weighted by atomic mass is 9.88. The lowest BCUT2D eigenvalue weighted by Crippen LogP contribution is -2.22. The molecular formula is C22H18FNO3S. The Labute approximate surface area is 165 Å². The van der Waals surface area contributed by atoms with Crippen LogP contribution < -0.4 is 5.32 Å². The van der Waals surface area contributed by atoms with Crippen LogP contribution in [0.4, 0.5) is 10.1 Å². The van der Waals surface area contributed by atoms with Crippen LogP contribution in [0.3, 0.4) is 0 Å². The summed E-state index contributed by atoms with van der Waals surface area (Å²) in [5, 5.41) is 12.6. The molecule has 0 fully saturated rings. The molecule has 2 aromatic carbocycles. The number of hydrogen-bond acceptors (Lipinski definition) is 3. The number of carbonyl (C=O) groups excluding carboxylic acids is 1. The van der Waals surface area contributed by atoms with Crippen LogP contribution in [0.25, 0.3) is 11.1 Å². The molecule has 28 heavy (non-hydrogen) atoms. The quantitative estimate of drug-likeness (QED) is 0.631. The van der Waals surface area contributed by atoms with E-state index in [1.807, 2.05) is 24.3 Å². The number of amides is 1. The first-order chi connectivity index (χ1) is 13.5. The van der Waals surface area contributed by atoms with Crippen molar-refractivity contribution in [3.63, 3.8) is 0 Å². The van der Waals surface area contributed by atoms with E-state index in [2.05, 4.69) is 12.2 Å². The van der Waals surface area contributed by atoms with Gasteiger partial charge < -0.3 is 10.4 Å². The first kappa shape index (κ1) is 18.4. The largest absolute Gasteiger partial charge is 0.477 e. The maximum absolute atomic E-state index is 13.4. The van der Waals surface area contributed by atoms with Gasteiger partial charge >= 0.3 is 5.97 Å². The lowest BCUT2D eigenvalue weighted by molar-refractivity contribution is -0.116. The highest BCUT2D eigenvalue weighted by Gasteiger charge is 2.34. The third-order valence-corrected chi connectivity index (χ3v) is 6.31. The van der Waals surface area contributed by atoms with Crippen molar-refractivity contribution in [3.8, 4) is 11.1 Å². The van der Waals surface area contributed by atoms with Gasteiger partial charge in [0.2, 0.25) is 5.91 Å². The predicted octanol–water partition coefficient (Wildman–Crippen LogP) is 5.29. The van der Waals surface area contributed by atoms with E-state index in [1.165, 1.54) is 41.2 Å². The Kier molecular flexibility index (Phi) is 4.73. The van der Waals surface area contributed by atoms with Gasteiger partial charge in [-0.3, -0.25) is 4.79 Å². The summed E-state index contributed by atoms with van der Waals surface area (Å²) < 4.78 is 13.4. The van der Waals surface area contributed by atoms with Crippen molar-refractivity contribution in [3.05, 3.63) is 75.2 Å². The van der Waals surface area contributed by atoms with Crippen LogP contribution in [-0.2, 0) is 11.2 Å². The number of hydrogen-bond donors (Lipinski definition) is 2. The van der Waals surface area contributed by atoms with Crippen LogP contribution in [0.15, 0.2) is 48.5 Å². The normalized spacial score (nSPS) is 15.8. The maximum atomic E-state index is 13.4. The minimum Gasteiger partial charge on any atom is -0.477 e. The maximum Gasteiger partial charge on any atom is 0.346 e. The van der Waals surface area contributed by atoms with Gasteiger partial charge in [0.1, 0.15) is 10.7 Å². The van der Waals surface area contributed by atoms with Gasteiger partial charge in [-0.05, 0) is 35.2 Å².